The number of hydrogen-bond acceptors (Lipinski definition) is 6. The number of H-pyrrole nitrogens is 1. The number of nitrogens with zero attached hydrogens (tertiary/aromatic N) is 2. The first kappa shape index (κ1) is 17.2. The molecule has 3 rings (SSSR count). The predicted molar refractivity (Wildman–Crippen MR) is 94.3 cm³/mol. The molecule has 0 saturated heterocycles. The first-order valence-electron chi connectivity index (χ1n) is 8.06. The Labute approximate surface area is 146 Å². The Kier molecular flexibility index (Phi) is 5.16. The lowest BCUT2D eigenvalue weighted by Gasteiger charge is -2.22. The number of ether oxygens (including phenoxy) is 1. The molecule has 3 aromatic rings. The number of furan rings is 1. The molecule has 0 bridgehead atoms. The minimum absolute atomic E-state index is 0.134. The number of benzene rings is 1. The average molecular weight is 342 g/mol. The summed E-state index contributed by atoms with van der Waals surface area (Å²) in [7, 11) is 5.41. The van der Waals surface area contributed by atoms with Crippen LogP contribution in [-0.2, 0) is 11.3 Å². The molecule has 2 N–H and O–H groups in total. The van der Waals surface area contributed by atoms with Gasteiger partial charge in [-0.25, -0.2) is 4.79 Å². The molecule has 0 radical (unpaired) electrons. The van der Waals surface area contributed by atoms with Gasteiger partial charge >= 0.3 is 5.97 Å². The Bertz CT molecular complexity index is 839. The van der Waals surface area contributed by atoms with E-state index in [0.717, 1.165) is 28.9 Å². The molecule has 132 valence electrons. The van der Waals surface area contributed by atoms with Crippen molar-refractivity contribution in [3.63, 3.8) is 0 Å². The second kappa shape index (κ2) is 7.50. The van der Waals surface area contributed by atoms with Crippen molar-refractivity contribution in [2.45, 2.75) is 12.6 Å². The third-order valence-electron chi connectivity index (χ3n) is 4.19. The maximum Gasteiger partial charge on any atom is 0.337 e. The number of carbonyl (C=O) groups excluding carboxylic acids is 1. The first-order valence-corrected chi connectivity index (χ1v) is 8.06. The molecule has 1 unspecified atom stereocenters. The molecule has 1 atom stereocenters. The Morgan fingerprint density at radius 2 is 2.24 bits per heavy atom. The third-order valence-corrected chi connectivity index (χ3v) is 4.19. The second-order valence-electron chi connectivity index (χ2n) is 6.05. The predicted octanol–water partition coefficient (Wildman–Crippen LogP) is 2.33. The fourth-order valence-corrected chi connectivity index (χ4v) is 2.80. The van der Waals surface area contributed by atoms with Crippen molar-refractivity contribution in [3.05, 3.63) is 53.6 Å². The van der Waals surface area contributed by atoms with Gasteiger partial charge in [-0.2, -0.15) is 5.10 Å². The highest BCUT2D eigenvalue weighted by Crippen LogP contribution is 2.20. The van der Waals surface area contributed by atoms with E-state index < -0.39 is 0 Å². The van der Waals surface area contributed by atoms with E-state index in [2.05, 4.69) is 20.4 Å². The van der Waals surface area contributed by atoms with Crippen LogP contribution in [0.4, 0.5) is 0 Å². The van der Waals surface area contributed by atoms with Crippen LogP contribution in [0.1, 0.15) is 27.9 Å². The van der Waals surface area contributed by atoms with E-state index in [0.29, 0.717) is 12.1 Å². The van der Waals surface area contributed by atoms with Gasteiger partial charge in [-0.05, 0) is 44.4 Å². The first-order chi connectivity index (χ1) is 12.1. The Morgan fingerprint density at radius 1 is 1.40 bits per heavy atom. The van der Waals surface area contributed by atoms with Gasteiger partial charge in [-0.15, -0.1) is 0 Å². The fourth-order valence-electron chi connectivity index (χ4n) is 2.80. The highest BCUT2D eigenvalue weighted by molar-refractivity contribution is 5.95. The van der Waals surface area contributed by atoms with Gasteiger partial charge in [-0.1, -0.05) is 0 Å². The molecule has 0 aliphatic heterocycles. The lowest BCUT2D eigenvalue weighted by atomic mass is 10.1. The maximum atomic E-state index is 11.7. The summed E-state index contributed by atoms with van der Waals surface area (Å²) in [5, 5.41) is 11.7. The van der Waals surface area contributed by atoms with Crippen LogP contribution in [0.5, 0.6) is 0 Å². The number of aromatic amines is 1. The van der Waals surface area contributed by atoms with Crippen molar-refractivity contribution in [2.75, 3.05) is 27.7 Å². The molecule has 0 aliphatic carbocycles. The van der Waals surface area contributed by atoms with Crippen LogP contribution in [0.3, 0.4) is 0 Å². The number of esters is 1. The number of likely N-dealkylation sites (N-methyl/N-ethyl adjacent to an activating group) is 1. The van der Waals surface area contributed by atoms with Crippen molar-refractivity contribution in [1.29, 1.82) is 0 Å². The Morgan fingerprint density at radius 3 is 2.92 bits per heavy atom. The number of rotatable bonds is 7. The number of fused-ring (bicyclic) bond motifs is 1. The monoisotopic (exact) mass is 342 g/mol. The van der Waals surface area contributed by atoms with Gasteiger partial charge in [0.15, 0.2) is 0 Å². The number of methoxy groups -OCH3 is 1. The van der Waals surface area contributed by atoms with Crippen molar-refractivity contribution in [3.8, 4) is 0 Å². The largest absolute Gasteiger partial charge is 0.468 e. The number of carbonyl (C=O) groups is 1. The quantitative estimate of drug-likeness (QED) is 0.641. The smallest absolute Gasteiger partial charge is 0.337 e. The van der Waals surface area contributed by atoms with Crippen LogP contribution in [0, 0.1) is 0 Å². The summed E-state index contributed by atoms with van der Waals surface area (Å²) in [6, 6.07) is 9.33. The Balaban J connectivity index is 1.71. The summed E-state index contributed by atoms with van der Waals surface area (Å²) in [6.45, 7) is 1.32. The number of hydrogen-bond donors (Lipinski definition) is 2. The molecule has 0 saturated carbocycles. The van der Waals surface area contributed by atoms with Crippen LogP contribution in [-0.4, -0.2) is 48.8 Å². The molecule has 2 heterocycles. The minimum atomic E-state index is -0.354. The van der Waals surface area contributed by atoms with Gasteiger partial charge in [0.25, 0.3) is 0 Å². The Hall–Kier alpha value is -2.64. The molecule has 7 nitrogen and oxygen atoms in total. The molecule has 0 fully saturated rings. The topological polar surface area (TPSA) is 83.4 Å². The van der Waals surface area contributed by atoms with Gasteiger partial charge in [-0.3, -0.25) is 10.00 Å². The average Bonchev–Trinajstić information content (AvgIpc) is 3.27. The molecule has 0 aliphatic rings. The molecule has 7 heteroatoms. The molecule has 0 amide bonds. The highest BCUT2D eigenvalue weighted by atomic mass is 16.5. The van der Waals surface area contributed by atoms with Crippen molar-refractivity contribution >= 4 is 16.9 Å². The van der Waals surface area contributed by atoms with Crippen LogP contribution < -0.4 is 5.32 Å². The van der Waals surface area contributed by atoms with Gasteiger partial charge < -0.3 is 14.5 Å². The highest BCUT2D eigenvalue weighted by Gasteiger charge is 2.17. The lowest BCUT2D eigenvalue weighted by molar-refractivity contribution is 0.0601. The summed E-state index contributed by atoms with van der Waals surface area (Å²) >= 11 is 0. The molecule has 25 heavy (non-hydrogen) atoms. The van der Waals surface area contributed by atoms with Crippen molar-refractivity contribution < 1.29 is 13.9 Å². The minimum Gasteiger partial charge on any atom is -0.468 e. The van der Waals surface area contributed by atoms with Crippen LogP contribution in [0.2, 0.25) is 0 Å². The molecular formula is C18H22N4O3. The number of nitrogens with one attached hydrogen (secondary N) is 2. The van der Waals surface area contributed by atoms with E-state index in [1.807, 2.05) is 32.3 Å². The molecule has 0 spiro atoms. The van der Waals surface area contributed by atoms with Gasteiger partial charge in [0.2, 0.25) is 0 Å². The summed E-state index contributed by atoms with van der Waals surface area (Å²) in [4.78, 5) is 13.8. The second-order valence-corrected chi connectivity index (χ2v) is 6.05. The van der Waals surface area contributed by atoms with E-state index in [9.17, 15) is 4.79 Å². The van der Waals surface area contributed by atoms with E-state index in [1.54, 1.807) is 18.4 Å². The summed E-state index contributed by atoms with van der Waals surface area (Å²) < 4.78 is 10.3. The summed E-state index contributed by atoms with van der Waals surface area (Å²) in [6.07, 6.45) is 1.68. The SMILES string of the molecule is COC(=O)c1ccc2n[nH]c(CNCC(c3ccco3)N(C)C)c2c1. The lowest BCUT2D eigenvalue weighted by Crippen LogP contribution is -2.30. The zero-order chi connectivity index (χ0) is 17.8. The normalized spacial score (nSPS) is 12.6. The van der Waals surface area contributed by atoms with Crippen molar-refractivity contribution in [2.24, 2.45) is 0 Å². The fraction of sp³-hybridized carbons (Fsp3) is 0.333. The van der Waals surface area contributed by atoms with Gasteiger partial charge in [0.05, 0.1) is 36.2 Å². The van der Waals surface area contributed by atoms with E-state index >= 15 is 0 Å². The third kappa shape index (κ3) is 3.72. The summed E-state index contributed by atoms with van der Waals surface area (Å²) in [5.74, 6) is 0.562. The maximum absolute atomic E-state index is 11.7. The van der Waals surface area contributed by atoms with Gasteiger partial charge in [0, 0.05) is 18.5 Å². The molecule has 2 aromatic heterocycles. The zero-order valence-electron chi connectivity index (χ0n) is 14.6. The molecular weight excluding hydrogens is 320 g/mol. The summed E-state index contributed by atoms with van der Waals surface area (Å²) in [5.41, 5.74) is 2.26. The van der Waals surface area contributed by atoms with Gasteiger partial charge in [0.1, 0.15) is 5.76 Å². The number of aromatic nitrogens is 2. The van der Waals surface area contributed by atoms with E-state index in [1.165, 1.54) is 7.11 Å². The van der Waals surface area contributed by atoms with E-state index in [-0.39, 0.29) is 12.0 Å². The van der Waals surface area contributed by atoms with Crippen LogP contribution in [0.15, 0.2) is 41.0 Å². The van der Waals surface area contributed by atoms with E-state index in [4.69, 9.17) is 9.15 Å². The zero-order valence-corrected chi connectivity index (χ0v) is 14.6. The van der Waals surface area contributed by atoms with Crippen molar-refractivity contribution in [1.82, 2.24) is 20.4 Å². The standard InChI is InChI=1S/C18H22N4O3/c1-22(2)16(17-5-4-8-25-17)11-19-10-15-13-9-12(18(23)24-3)6-7-14(13)20-21-15/h4-9,16,19H,10-11H2,1-3H3,(H,20,21). The van der Waals surface area contributed by atoms with Crippen LogP contribution in [0.25, 0.3) is 10.9 Å². The van der Waals surface area contributed by atoms with Crippen LogP contribution >= 0.6 is 0 Å². The molecule has 1 aromatic carbocycles.